The number of rotatable bonds is 3. The van der Waals surface area contributed by atoms with Crippen molar-refractivity contribution in [2.24, 2.45) is 0 Å². The van der Waals surface area contributed by atoms with Gasteiger partial charge >= 0.3 is 0 Å². The van der Waals surface area contributed by atoms with Crippen LogP contribution in [-0.2, 0) is 13.0 Å². The van der Waals surface area contributed by atoms with Gasteiger partial charge in [-0.25, -0.2) is 0 Å². The third-order valence-corrected chi connectivity index (χ3v) is 5.45. The van der Waals surface area contributed by atoms with E-state index < -0.39 is 0 Å². The molecule has 2 nitrogen and oxygen atoms in total. The van der Waals surface area contributed by atoms with E-state index in [1.54, 1.807) is 0 Å². The number of halogens is 4. The topological polar surface area (TPSA) is 21.3 Å². The van der Waals surface area contributed by atoms with Crippen LogP contribution in [-0.4, -0.2) is 6.61 Å². The first-order valence-electron chi connectivity index (χ1n) is 6.37. The number of hydrogen-bond acceptors (Lipinski definition) is 2. The van der Waals surface area contributed by atoms with Gasteiger partial charge in [-0.15, -0.1) is 0 Å². The van der Waals surface area contributed by atoms with Crippen molar-refractivity contribution in [3.05, 3.63) is 53.3 Å². The molecule has 2 aromatic carbocycles. The van der Waals surface area contributed by atoms with Gasteiger partial charge in [0.2, 0.25) is 0 Å². The lowest BCUT2D eigenvalue weighted by molar-refractivity contribution is 0.354. The molecule has 0 bridgehead atoms. The Morgan fingerprint density at radius 2 is 1.62 bits per heavy atom. The minimum absolute atomic E-state index is 0.709. The SMILES string of the molecule is Brc1cc(Br)c(NCc2cc(Br)cc3c2OCC3)c(Br)c1. The molecule has 21 heavy (non-hydrogen) atoms. The van der Waals surface area contributed by atoms with E-state index in [0.717, 1.165) is 42.4 Å². The molecule has 0 fully saturated rings. The van der Waals surface area contributed by atoms with Crippen LogP contribution in [0.3, 0.4) is 0 Å². The van der Waals surface area contributed by atoms with Crippen LogP contribution in [0.5, 0.6) is 5.75 Å². The number of benzene rings is 2. The number of anilines is 1. The molecule has 0 saturated carbocycles. The molecule has 1 heterocycles. The molecule has 110 valence electrons. The third-order valence-electron chi connectivity index (χ3n) is 3.29. The van der Waals surface area contributed by atoms with Gasteiger partial charge in [-0.2, -0.15) is 0 Å². The van der Waals surface area contributed by atoms with Gasteiger partial charge < -0.3 is 10.1 Å². The predicted octanol–water partition coefficient (Wildman–Crippen LogP) is 6.28. The number of fused-ring (bicyclic) bond motifs is 1. The maximum Gasteiger partial charge on any atom is 0.127 e. The quantitative estimate of drug-likeness (QED) is 0.494. The van der Waals surface area contributed by atoms with Crippen molar-refractivity contribution in [2.75, 3.05) is 11.9 Å². The van der Waals surface area contributed by atoms with Gasteiger partial charge in [0.15, 0.2) is 0 Å². The Hall–Kier alpha value is -0.0400. The summed E-state index contributed by atoms with van der Waals surface area (Å²) < 4.78 is 9.90. The summed E-state index contributed by atoms with van der Waals surface area (Å²) in [6.07, 6.45) is 0.980. The summed E-state index contributed by atoms with van der Waals surface area (Å²) in [6, 6.07) is 8.29. The number of nitrogens with one attached hydrogen (secondary N) is 1. The zero-order chi connectivity index (χ0) is 15.0. The fourth-order valence-electron chi connectivity index (χ4n) is 2.37. The van der Waals surface area contributed by atoms with E-state index in [-0.39, 0.29) is 0 Å². The minimum Gasteiger partial charge on any atom is -0.493 e. The van der Waals surface area contributed by atoms with Crippen LogP contribution < -0.4 is 10.1 Å². The van der Waals surface area contributed by atoms with Crippen molar-refractivity contribution in [3.63, 3.8) is 0 Å². The van der Waals surface area contributed by atoms with Crippen molar-refractivity contribution >= 4 is 69.4 Å². The second-order valence-electron chi connectivity index (χ2n) is 4.75. The number of hydrogen-bond donors (Lipinski definition) is 1. The first-order chi connectivity index (χ1) is 10.0. The average molecular weight is 541 g/mol. The number of ether oxygens (including phenoxy) is 1. The van der Waals surface area contributed by atoms with Crippen molar-refractivity contribution < 1.29 is 4.74 Å². The van der Waals surface area contributed by atoms with Gasteiger partial charge in [0, 0.05) is 36.4 Å². The van der Waals surface area contributed by atoms with Crippen molar-refractivity contribution in [3.8, 4) is 5.75 Å². The van der Waals surface area contributed by atoms with Crippen LogP contribution in [0.4, 0.5) is 5.69 Å². The third kappa shape index (κ3) is 3.49. The molecule has 2 aromatic rings. The van der Waals surface area contributed by atoms with Crippen LogP contribution in [0.1, 0.15) is 11.1 Å². The molecule has 0 unspecified atom stereocenters. The van der Waals surface area contributed by atoms with Crippen LogP contribution in [0.2, 0.25) is 0 Å². The largest absolute Gasteiger partial charge is 0.493 e. The van der Waals surface area contributed by atoms with E-state index in [2.05, 4.69) is 81.2 Å². The van der Waals surface area contributed by atoms with Crippen molar-refractivity contribution in [1.29, 1.82) is 0 Å². The highest BCUT2D eigenvalue weighted by Crippen LogP contribution is 2.37. The highest BCUT2D eigenvalue weighted by atomic mass is 79.9. The molecule has 0 aromatic heterocycles. The van der Waals surface area contributed by atoms with E-state index in [0.29, 0.717) is 6.54 Å². The molecule has 3 rings (SSSR count). The Bertz CT molecular complexity index is 679. The first kappa shape index (κ1) is 15.8. The zero-order valence-electron chi connectivity index (χ0n) is 10.9. The maximum absolute atomic E-state index is 5.76. The summed E-state index contributed by atoms with van der Waals surface area (Å²) in [5, 5.41) is 3.47. The molecule has 6 heteroatoms. The molecule has 1 N–H and O–H groups in total. The normalized spacial score (nSPS) is 13.0. The van der Waals surface area contributed by atoms with Gasteiger partial charge in [0.25, 0.3) is 0 Å². The average Bonchev–Trinajstić information content (AvgIpc) is 2.85. The van der Waals surface area contributed by atoms with Gasteiger partial charge in [-0.05, 0) is 61.7 Å². The summed E-state index contributed by atoms with van der Waals surface area (Å²) in [7, 11) is 0. The smallest absolute Gasteiger partial charge is 0.127 e. The van der Waals surface area contributed by atoms with Crippen LogP contribution in [0, 0.1) is 0 Å². The predicted molar refractivity (Wildman–Crippen MR) is 100 cm³/mol. The second-order valence-corrected chi connectivity index (χ2v) is 8.29. The molecule has 0 radical (unpaired) electrons. The van der Waals surface area contributed by atoms with Crippen molar-refractivity contribution in [1.82, 2.24) is 0 Å². The molecule has 0 saturated heterocycles. The Kier molecular flexibility index (Phi) is 4.98. The van der Waals surface area contributed by atoms with Gasteiger partial charge in [-0.1, -0.05) is 31.9 Å². The molecule has 1 aliphatic rings. The Morgan fingerprint density at radius 1 is 0.952 bits per heavy atom. The van der Waals surface area contributed by atoms with Crippen LogP contribution >= 0.6 is 63.7 Å². The lowest BCUT2D eigenvalue weighted by Gasteiger charge is -2.14. The summed E-state index contributed by atoms with van der Waals surface area (Å²) >= 11 is 14.2. The lowest BCUT2D eigenvalue weighted by atomic mass is 10.1. The summed E-state index contributed by atoms with van der Waals surface area (Å²) in [6.45, 7) is 1.48. The monoisotopic (exact) mass is 537 g/mol. The van der Waals surface area contributed by atoms with Crippen LogP contribution in [0.15, 0.2) is 42.2 Å². The summed E-state index contributed by atoms with van der Waals surface area (Å²) in [5.41, 5.74) is 3.47. The second kappa shape index (κ2) is 6.60. The van der Waals surface area contributed by atoms with Gasteiger partial charge in [0.05, 0.1) is 12.3 Å². The first-order valence-corrected chi connectivity index (χ1v) is 9.54. The molecule has 0 amide bonds. The molecule has 0 atom stereocenters. The van der Waals surface area contributed by atoms with E-state index in [1.807, 2.05) is 12.1 Å². The fourth-order valence-corrected chi connectivity index (χ4v) is 5.46. The molecular weight excluding hydrogens is 530 g/mol. The fraction of sp³-hybridized carbons (Fsp3) is 0.200. The maximum atomic E-state index is 5.76. The van der Waals surface area contributed by atoms with Crippen molar-refractivity contribution in [2.45, 2.75) is 13.0 Å². The summed E-state index contributed by atoms with van der Waals surface area (Å²) in [5.74, 6) is 1.02. The Balaban J connectivity index is 1.86. The molecule has 0 aliphatic carbocycles. The standard InChI is InChI=1S/C15H11Br4NO/c16-10-3-8-1-2-21-15(8)9(4-10)7-20-14-12(18)5-11(17)6-13(14)19/h3-6,20H,1-2,7H2. The Morgan fingerprint density at radius 3 is 2.33 bits per heavy atom. The van der Waals surface area contributed by atoms with E-state index in [4.69, 9.17) is 4.74 Å². The molecular formula is C15H11Br4NO. The highest BCUT2D eigenvalue weighted by molar-refractivity contribution is 9.11. The summed E-state index contributed by atoms with van der Waals surface area (Å²) in [4.78, 5) is 0. The highest BCUT2D eigenvalue weighted by Gasteiger charge is 2.17. The lowest BCUT2D eigenvalue weighted by Crippen LogP contribution is -2.03. The van der Waals surface area contributed by atoms with Gasteiger partial charge in [-0.3, -0.25) is 0 Å². The van der Waals surface area contributed by atoms with E-state index >= 15 is 0 Å². The molecule has 0 spiro atoms. The van der Waals surface area contributed by atoms with Gasteiger partial charge in [0.1, 0.15) is 5.75 Å². The molecule has 1 aliphatic heterocycles. The van der Waals surface area contributed by atoms with E-state index in [9.17, 15) is 0 Å². The Labute approximate surface area is 157 Å². The minimum atomic E-state index is 0.709. The zero-order valence-corrected chi connectivity index (χ0v) is 17.2. The van der Waals surface area contributed by atoms with Crippen LogP contribution in [0.25, 0.3) is 0 Å². The van der Waals surface area contributed by atoms with E-state index in [1.165, 1.54) is 11.1 Å².